The van der Waals surface area contributed by atoms with Crippen LogP contribution in [0.25, 0.3) is 0 Å². The van der Waals surface area contributed by atoms with Crippen LogP contribution in [-0.2, 0) is 14.3 Å². The van der Waals surface area contributed by atoms with Gasteiger partial charge in [0, 0.05) is 18.4 Å². The molecule has 122 valence electrons. The van der Waals surface area contributed by atoms with E-state index in [2.05, 4.69) is 15.4 Å². The first-order valence-electron chi connectivity index (χ1n) is 6.57. The molecule has 0 aliphatic heterocycles. The molecule has 0 bridgehead atoms. The number of nitriles is 1. The predicted octanol–water partition coefficient (Wildman–Crippen LogP) is 1.85. The summed E-state index contributed by atoms with van der Waals surface area (Å²) in [6, 6.07) is 6.48. The monoisotopic (exact) mass is 337 g/mol. The van der Waals surface area contributed by atoms with Crippen LogP contribution in [-0.4, -0.2) is 32.6 Å². The van der Waals surface area contributed by atoms with Crippen LogP contribution < -0.4 is 15.4 Å². The van der Waals surface area contributed by atoms with Gasteiger partial charge in [0.15, 0.2) is 0 Å². The van der Waals surface area contributed by atoms with Crippen molar-refractivity contribution >= 4 is 29.2 Å². The molecule has 0 atom stereocenters. The lowest BCUT2D eigenvalue weighted by atomic mass is 10.2. The third-order valence-electron chi connectivity index (χ3n) is 2.72. The number of nitrogens with zero attached hydrogens (tertiary/aromatic N) is 1. The third-order valence-corrected chi connectivity index (χ3v) is 3.02. The van der Waals surface area contributed by atoms with E-state index >= 15 is 0 Å². The van der Waals surface area contributed by atoms with Crippen LogP contribution in [0.3, 0.4) is 0 Å². The Morgan fingerprint density at radius 3 is 2.70 bits per heavy atom. The average Bonchev–Trinajstić information content (AvgIpc) is 2.54. The summed E-state index contributed by atoms with van der Waals surface area (Å²) in [6.45, 7) is 0.250. The van der Waals surface area contributed by atoms with Crippen molar-refractivity contribution in [1.29, 1.82) is 5.26 Å². The van der Waals surface area contributed by atoms with Gasteiger partial charge in [-0.1, -0.05) is 11.6 Å². The molecule has 0 spiro atoms. The molecule has 1 aromatic carbocycles. The fourth-order valence-electron chi connectivity index (χ4n) is 1.54. The summed E-state index contributed by atoms with van der Waals surface area (Å²) < 4.78 is 9.48. The summed E-state index contributed by atoms with van der Waals surface area (Å²) in [7, 11) is 2.77. The number of methoxy groups -OCH3 is 2. The molecule has 1 amide bonds. The number of nitrogens with one attached hydrogen (secondary N) is 2. The topological polar surface area (TPSA) is 100 Å². The third kappa shape index (κ3) is 5.88. The molecule has 0 aliphatic rings. The molecule has 8 heteroatoms. The van der Waals surface area contributed by atoms with Gasteiger partial charge in [-0.2, -0.15) is 5.26 Å². The number of carbonyl (C=O) groups excluding carboxylic acids is 2. The molecule has 0 aliphatic carbocycles. The normalized spacial score (nSPS) is 10.4. The Morgan fingerprint density at radius 1 is 1.39 bits per heavy atom. The van der Waals surface area contributed by atoms with E-state index in [0.29, 0.717) is 16.5 Å². The highest BCUT2D eigenvalue weighted by atomic mass is 35.5. The molecule has 0 fully saturated rings. The van der Waals surface area contributed by atoms with Crippen LogP contribution in [0.15, 0.2) is 30.0 Å². The second-order valence-electron chi connectivity index (χ2n) is 4.25. The maximum Gasteiger partial charge on any atom is 0.307 e. The minimum atomic E-state index is -0.598. The first kappa shape index (κ1) is 18.3. The van der Waals surface area contributed by atoms with Gasteiger partial charge in [-0.15, -0.1) is 0 Å². The fraction of sp³-hybridized carbons (Fsp3) is 0.267. The Kier molecular flexibility index (Phi) is 7.43. The Hall–Kier alpha value is -2.72. The maximum atomic E-state index is 12.0. The van der Waals surface area contributed by atoms with Crippen LogP contribution in [0.5, 0.6) is 5.75 Å². The number of amides is 1. The summed E-state index contributed by atoms with van der Waals surface area (Å²) >= 11 is 5.96. The number of rotatable bonds is 7. The lowest BCUT2D eigenvalue weighted by molar-refractivity contribution is -0.140. The zero-order valence-electron chi connectivity index (χ0n) is 12.7. The van der Waals surface area contributed by atoms with Crippen LogP contribution in [0.4, 0.5) is 5.69 Å². The first-order valence-corrected chi connectivity index (χ1v) is 6.95. The van der Waals surface area contributed by atoms with Gasteiger partial charge in [0.1, 0.15) is 17.4 Å². The number of hydrogen-bond acceptors (Lipinski definition) is 6. The second-order valence-corrected chi connectivity index (χ2v) is 4.66. The largest absolute Gasteiger partial charge is 0.495 e. The van der Waals surface area contributed by atoms with E-state index in [-0.39, 0.29) is 24.5 Å². The second kappa shape index (κ2) is 9.33. The smallest absolute Gasteiger partial charge is 0.307 e. The van der Waals surface area contributed by atoms with Gasteiger partial charge in [-0.3, -0.25) is 9.59 Å². The minimum absolute atomic E-state index is 0.126. The summed E-state index contributed by atoms with van der Waals surface area (Å²) in [6.07, 6.45) is 1.37. The first-order chi connectivity index (χ1) is 11.0. The van der Waals surface area contributed by atoms with Gasteiger partial charge in [-0.05, 0) is 18.2 Å². The van der Waals surface area contributed by atoms with Crippen molar-refractivity contribution < 1.29 is 19.1 Å². The molecular formula is C15H16ClN3O4. The molecule has 7 nitrogen and oxygen atoms in total. The van der Waals surface area contributed by atoms with Gasteiger partial charge in [0.25, 0.3) is 5.91 Å². The number of benzene rings is 1. The van der Waals surface area contributed by atoms with E-state index in [1.54, 1.807) is 18.2 Å². The average molecular weight is 338 g/mol. The Labute approximate surface area is 138 Å². The van der Waals surface area contributed by atoms with Crippen molar-refractivity contribution in [3.05, 3.63) is 35.0 Å². The molecule has 0 saturated heterocycles. The standard InChI is InChI=1S/C15H16ClN3O4/c1-22-13-4-3-11(7-12(13)16)19-15(21)10(8-17)9-18-6-5-14(20)23-2/h3-4,7,9,18H,5-6H2,1-2H3,(H,19,21)/b10-9-. The van der Waals surface area contributed by atoms with Crippen LogP contribution in [0.2, 0.25) is 5.02 Å². The number of carbonyl (C=O) groups is 2. The Morgan fingerprint density at radius 2 is 2.13 bits per heavy atom. The van der Waals surface area contributed by atoms with E-state index < -0.39 is 5.91 Å². The lowest BCUT2D eigenvalue weighted by Crippen LogP contribution is -2.18. The number of halogens is 1. The lowest BCUT2D eigenvalue weighted by Gasteiger charge is -2.07. The predicted molar refractivity (Wildman–Crippen MR) is 85.0 cm³/mol. The minimum Gasteiger partial charge on any atom is -0.495 e. The number of hydrogen-bond donors (Lipinski definition) is 2. The quantitative estimate of drug-likeness (QED) is 0.341. The number of ether oxygens (including phenoxy) is 2. The van der Waals surface area contributed by atoms with E-state index in [9.17, 15) is 9.59 Å². The van der Waals surface area contributed by atoms with Crippen molar-refractivity contribution in [3.63, 3.8) is 0 Å². The van der Waals surface area contributed by atoms with Crippen LogP contribution in [0.1, 0.15) is 6.42 Å². The molecule has 23 heavy (non-hydrogen) atoms. The van der Waals surface area contributed by atoms with E-state index in [1.165, 1.54) is 26.5 Å². The Balaban J connectivity index is 2.65. The summed E-state index contributed by atoms with van der Waals surface area (Å²) in [4.78, 5) is 22.9. The number of anilines is 1. The zero-order valence-corrected chi connectivity index (χ0v) is 13.4. The highest BCUT2D eigenvalue weighted by molar-refractivity contribution is 6.32. The molecule has 1 rings (SSSR count). The molecule has 1 aromatic rings. The highest BCUT2D eigenvalue weighted by Gasteiger charge is 2.10. The molecule has 0 aromatic heterocycles. The SMILES string of the molecule is COC(=O)CCN/C=C(/C#N)C(=O)Nc1ccc(OC)c(Cl)c1. The molecular weight excluding hydrogens is 322 g/mol. The summed E-state index contributed by atoms with van der Waals surface area (Å²) in [5.41, 5.74) is 0.290. The van der Waals surface area contributed by atoms with Gasteiger partial charge in [0.2, 0.25) is 0 Å². The van der Waals surface area contributed by atoms with Gasteiger partial charge < -0.3 is 20.1 Å². The van der Waals surface area contributed by atoms with Gasteiger partial charge in [0.05, 0.1) is 25.7 Å². The number of esters is 1. The van der Waals surface area contributed by atoms with Crippen molar-refractivity contribution in [1.82, 2.24) is 5.32 Å². The molecule has 0 heterocycles. The van der Waals surface area contributed by atoms with Crippen molar-refractivity contribution in [2.45, 2.75) is 6.42 Å². The van der Waals surface area contributed by atoms with E-state index in [0.717, 1.165) is 0 Å². The van der Waals surface area contributed by atoms with Crippen molar-refractivity contribution in [3.8, 4) is 11.8 Å². The molecule has 0 radical (unpaired) electrons. The van der Waals surface area contributed by atoms with E-state index in [4.69, 9.17) is 21.6 Å². The van der Waals surface area contributed by atoms with Crippen LogP contribution in [0, 0.1) is 11.3 Å². The fourth-order valence-corrected chi connectivity index (χ4v) is 1.80. The zero-order chi connectivity index (χ0) is 17.2. The van der Waals surface area contributed by atoms with Gasteiger partial charge in [-0.25, -0.2) is 0 Å². The molecule has 2 N–H and O–H groups in total. The molecule has 0 unspecified atom stereocenters. The Bertz CT molecular complexity index is 653. The van der Waals surface area contributed by atoms with E-state index in [1.807, 2.05) is 0 Å². The van der Waals surface area contributed by atoms with Crippen LogP contribution >= 0.6 is 11.6 Å². The summed E-state index contributed by atoms with van der Waals surface area (Å²) in [5, 5.41) is 14.6. The summed E-state index contributed by atoms with van der Waals surface area (Å²) in [5.74, 6) is -0.508. The highest BCUT2D eigenvalue weighted by Crippen LogP contribution is 2.27. The van der Waals surface area contributed by atoms with Crippen molar-refractivity contribution in [2.75, 3.05) is 26.1 Å². The van der Waals surface area contributed by atoms with Gasteiger partial charge >= 0.3 is 5.97 Å². The maximum absolute atomic E-state index is 12.0. The van der Waals surface area contributed by atoms with Crippen molar-refractivity contribution in [2.24, 2.45) is 0 Å². The molecule has 0 saturated carbocycles.